The Morgan fingerprint density at radius 3 is 2.90 bits per heavy atom. The lowest BCUT2D eigenvalue weighted by atomic mass is 10.2. The number of pyridine rings is 1. The molecule has 0 spiro atoms. The molecule has 20 heavy (non-hydrogen) atoms. The minimum absolute atomic E-state index is 0.0580. The summed E-state index contributed by atoms with van der Waals surface area (Å²) < 4.78 is 5.52. The molecule has 0 aliphatic carbocycles. The smallest absolute Gasteiger partial charge is 0.311 e. The number of hydrogen-bond acceptors (Lipinski definition) is 5. The van der Waals surface area contributed by atoms with Crippen LogP contribution in [0.25, 0.3) is 0 Å². The first-order valence-electron chi connectivity index (χ1n) is 5.84. The molecule has 0 atom stereocenters. The highest BCUT2D eigenvalue weighted by Gasteiger charge is 2.17. The third-order valence-electron chi connectivity index (χ3n) is 2.76. The monoisotopic (exact) mass is 269 g/mol. The average molecular weight is 269 g/mol. The van der Waals surface area contributed by atoms with Crippen molar-refractivity contribution in [2.75, 3.05) is 0 Å². The third kappa shape index (κ3) is 2.72. The van der Waals surface area contributed by atoms with Crippen molar-refractivity contribution in [2.45, 2.75) is 13.5 Å². The summed E-state index contributed by atoms with van der Waals surface area (Å²) in [6.07, 6.45) is 1.51. The summed E-state index contributed by atoms with van der Waals surface area (Å²) in [7, 11) is 0. The molecule has 0 unspecified atom stereocenters. The number of rotatable bonds is 4. The van der Waals surface area contributed by atoms with Gasteiger partial charge < -0.3 is 4.74 Å². The standard InChI is InChI=1S/C14H11N3O3/c1-10-4-2-6-13(17(18)19)14(10)20-9-11-5-3-7-16-12(11)8-15/h2-7H,9H2,1H3. The zero-order chi connectivity index (χ0) is 14.5. The van der Waals surface area contributed by atoms with E-state index in [4.69, 9.17) is 10.00 Å². The van der Waals surface area contributed by atoms with Crippen LogP contribution < -0.4 is 4.74 Å². The molecule has 1 aromatic heterocycles. The lowest BCUT2D eigenvalue weighted by Crippen LogP contribution is -2.03. The van der Waals surface area contributed by atoms with E-state index < -0.39 is 4.92 Å². The molecular weight excluding hydrogens is 258 g/mol. The van der Waals surface area contributed by atoms with Crippen molar-refractivity contribution in [1.29, 1.82) is 5.26 Å². The maximum Gasteiger partial charge on any atom is 0.311 e. The van der Waals surface area contributed by atoms with Crippen molar-refractivity contribution in [3.63, 3.8) is 0 Å². The number of nitro groups is 1. The largest absolute Gasteiger partial charge is 0.482 e. The second-order valence-electron chi connectivity index (χ2n) is 4.09. The van der Waals surface area contributed by atoms with Crippen molar-refractivity contribution < 1.29 is 9.66 Å². The number of benzene rings is 1. The van der Waals surface area contributed by atoms with Crippen LogP contribution >= 0.6 is 0 Å². The van der Waals surface area contributed by atoms with Crippen molar-refractivity contribution in [3.8, 4) is 11.8 Å². The Bertz CT molecular complexity index is 692. The molecule has 2 rings (SSSR count). The second-order valence-corrected chi connectivity index (χ2v) is 4.09. The van der Waals surface area contributed by atoms with Crippen LogP contribution in [0, 0.1) is 28.4 Å². The van der Waals surface area contributed by atoms with Crippen molar-refractivity contribution in [2.24, 2.45) is 0 Å². The normalized spacial score (nSPS) is 9.80. The number of nitro benzene ring substituents is 1. The number of hydrogen-bond donors (Lipinski definition) is 0. The number of nitrogens with zero attached hydrogens (tertiary/aromatic N) is 3. The van der Waals surface area contributed by atoms with Crippen LogP contribution in [-0.2, 0) is 6.61 Å². The summed E-state index contributed by atoms with van der Waals surface area (Å²) in [6.45, 7) is 1.79. The van der Waals surface area contributed by atoms with Gasteiger partial charge in [0.25, 0.3) is 0 Å². The van der Waals surface area contributed by atoms with E-state index in [2.05, 4.69) is 4.98 Å². The van der Waals surface area contributed by atoms with E-state index in [0.717, 1.165) is 0 Å². The van der Waals surface area contributed by atoms with Gasteiger partial charge in [-0.3, -0.25) is 10.1 Å². The first kappa shape index (κ1) is 13.5. The Kier molecular flexibility index (Phi) is 3.91. The highest BCUT2D eigenvalue weighted by atomic mass is 16.6. The van der Waals surface area contributed by atoms with Gasteiger partial charge in [0.05, 0.1) is 4.92 Å². The minimum Gasteiger partial charge on any atom is -0.482 e. The molecule has 0 bridgehead atoms. The lowest BCUT2D eigenvalue weighted by molar-refractivity contribution is -0.386. The van der Waals surface area contributed by atoms with Crippen LogP contribution in [0.1, 0.15) is 16.8 Å². The van der Waals surface area contributed by atoms with Gasteiger partial charge in [0.1, 0.15) is 18.4 Å². The molecule has 6 heteroatoms. The Labute approximate surface area is 115 Å². The van der Waals surface area contributed by atoms with Gasteiger partial charge in [-0.2, -0.15) is 5.26 Å². The molecule has 1 heterocycles. The number of nitriles is 1. The Hall–Kier alpha value is -2.94. The highest BCUT2D eigenvalue weighted by Crippen LogP contribution is 2.31. The summed E-state index contributed by atoms with van der Waals surface area (Å²) in [4.78, 5) is 14.4. The van der Waals surface area contributed by atoms with E-state index in [1.165, 1.54) is 12.3 Å². The minimum atomic E-state index is -0.489. The molecule has 0 radical (unpaired) electrons. The molecular formula is C14H11N3O3. The zero-order valence-electron chi connectivity index (χ0n) is 10.7. The van der Waals surface area contributed by atoms with Crippen molar-refractivity contribution >= 4 is 5.69 Å². The number of aromatic nitrogens is 1. The van der Waals surface area contributed by atoms with E-state index in [-0.39, 0.29) is 23.7 Å². The highest BCUT2D eigenvalue weighted by molar-refractivity contribution is 5.51. The third-order valence-corrected chi connectivity index (χ3v) is 2.76. The summed E-state index contributed by atoms with van der Waals surface area (Å²) in [5.74, 6) is 0.213. The molecule has 0 amide bonds. The predicted molar refractivity (Wildman–Crippen MR) is 71.1 cm³/mol. The maximum absolute atomic E-state index is 11.0. The summed E-state index contributed by atoms with van der Waals surface area (Å²) in [5, 5.41) is 19.9. The van der Waals surface area contributed by atoms with Crippen molar-refractivity contribution in [3.05, 3.63) is 63.5 Å². The van der Waals surface area contributed by atoms with Crippen LogP contribution in [0.2, 0.25) is 0 Å². The van der Waals surface area contributed by atoms with Crippen molar-refractivity contribution in [1.82, 2.24) is 4.98 Å². The van der Waals surface area contributed by atoms with E-state index in [1.54, 1.807) is 31.2 Å². The van der Waals surface area contributed by atoms with Crippen LogP contribution in [0.3, 0.4) is 0 Å². The molecule has 0 N–H and O–H groups in total. The molecule has 0 fully saturated rings. The van der Waals surface area contributed by atoms with E-state index in [1.807, 2.05) is 6.07 Å². The summed E-state index contributed by atoms with van der Waals surface area (Å²) in [5.41, 5.74) is 1.42. The Balaban J connectivity index is 2.28. The summed E-state index contributed by atoms with van der Waals surface area (Å²) in [6, 6.07) is 10.1. The maximum atomic E-state index is 11.0. The van der Waals surface area contributed by atoms with Gasteiger partial charge in [-0.1, -0.05) is 18.2 Å². The number of para-hydroxylation sites is 1. The van der Waals surface area contributed by atoms with Gasteiger partial charge in [-0.15, -0.1) is 0 Å². The first-order chi connectivity index (χ1) is 9.63. The van der Waals surface area contributed by atoms with E-state index >= 15 is 0 Å². The molecule has 0 saturated heterocycles. The molecule has 2 aromatic rings. The second kappa shape index (κ2) is 5.80. The van der Waals surface area contributed by atoms with Gasteiger partial charge >= 0.3 is 5.69 Å². The topological polar surface area (TPSA) is 89.1 Å². The predicted octanol–water partition coefficient (Wildman–Crippen LogP) is 2.75. The quantitative estimate of drug-likeness (QED) is 0.628. The van der Waals surface area contributed by atoms with Gasteiger partial charge in [0, 0.05) is 17.8 Å². The number of aryl methyl sites for hydroxylation is 1. The fourth-order valence-corrected chi connectivity index (χ4v) is 1.77. The molecule has 0 aliphatic rings. The van der Waals surface area contributed by atoms with Crippen LogP contribution in [0.4, 0.5) is 5.69 Å². The van der Waals surface area contributed by atoms with Gasteiger partial charge in [-0.25, -0.2) is 4.98 Å². The van der Waals surface area contributed by atoms with Gasteiger partial charge in [-0.05, 0) is 18.6 Å². The fourth-order valence-electron chi connectivity index (χ4n) is 1.77. The fraction of sp³-hybridized carbons (Fsp3) is 0.143. The van der Waals surface area contributed by atoms with Gasteiger partial charge in [0.15, 0.2) is 5.75 Å². The van der Waals surface area contributed by atoms with E-state index in [0.29, 0.717) is 11.1 Å². The molecule has 1 aromatic carbocycles. The Morgan fingerprint density at radius 1 is 1.40 bits per heavy atom. The van der Waals surface area contributed by atoms with Gasteiger partial charge in [0.2, 0.25) is 0 Å². The van der Waals surface area contributed by atoms with Crippen LogP contribution in [0.15, 0.2) is 36.5 Å². The molecule has 6 nitrogen and oxygen atoms in total. The summed E-state index contributed by atoms with van der Waals surface area (Å²) >= 11 is 0. The zero-order valence-corrected chi connectivity index (χ0v) is 10.7. The van der Waals surface area contributed by atoms with E-state index in [9.17, 15) is 10.1 Å². The average Bonchev–Trinajstić information content (AvgIpc) is 2.46. The SMILES string of the molecule is Cc1cccc([N+](=O)[O-])c1OCc1cccnc1C#N. The van der Waals surface area contributed by atoms with Crippen LogP contribution in [-0.4, -0.2) is 9.91 Å². The molecule has 100 valence electrons. The first-order valence-corrected chi connectivity index (χ1v) is 5.84. The Morgan fingerprint density at radius 2 is 2.20 bits per heavy atom. The number of ether oxygens (including phenoxy) is 1. The van der Waals surface area contributed by atoms with Crippen LogP contribution in [0.5, 0.6) is 5.75 Å². The lowest BCUT2D eigenvalue weighted by Gasteiger charge is -2.09. The molecule has 0 saturated carbocycles. The molecule has 0 aliphatic heterocycles.